The van der Waals surface area contributed by atoms with Crippen LogP contribution in [-0.4, -0.2) is 36.7 Å². The van der Waals surface area contributed by atoms with Crippen LogP contribution in [0, 0.1) is 17.8 Å². The Labute approximate surface area is 101 Å². The minimum atomic E-state index is -1.26. The molecule has 4 atom stereocenters. The number of hydrogen-bond donors (Lipinski definition) is 2. The Bertz CT molecular complexity index is 318. The third-order valence-corrected chi connectivity index (χ3v) is 4.02. The molecule has 1 amide bonds. The fraction of sp³-hybridized carbons (Fsp3) is 0.833. The van der Waals surface area contributed by atoms with E-state index in [1.54, 1.807) is 0 Å². The summed E-state index contributed by atoms with van der Waals surface area (Å²) in [7, 11) is 1.21. The fourth-order valence-electron chi connectivity index (χ4n) is 3.11. The molecular formula is C12H19NO4. The first kappa shape index (κ1) is 12.4. The Kier molecular flexibility index (Phi) is 3.66. The number of rotatable bonds is 4. The van der Waals surface area contributed by atoms with Gasteiger partial charge in [0.2, 0.25) is 5.91 Å². The van der Waals surface area contributed by atoms with Gasteiger partial charge in [-0.3, -0.25) is 4.79 Å². The number of methoxy groups -OCH3 is 1. The lowest BCUT2D eigenvalue weighted by Crippen LogP contribution is -2.41. The van der Waals surface area contributed by atoms with E-state index in [-0.39, 0.29) is 18.4 Å². The second-order valence-corrected chi connectivity index (χ2v) is 5.07. The number of amides is 1. The summed E-state index contributed by atoms with van der Waals surface area (Å²) in [6.07, 6.45) is 3.26. The number of aliphatic hydroxyl groups excluding tert-OH is 1. The van der Waals surface area contributed by atoms with Crippen molar-refractivity contribution < 1.29 is 19.4 Å². The van der Waals surface area contributed by atoms with Crippen molar-refractivity contribution in [2.24, 2.45) is 17.8 Å². The molecule has 0 radical (unpaired) electrons. The third-order valence-electron chi connectivity index (χ3n) is 4.02. The van der Waals surface area contributed by atoms with E-state index in [0.29, 0.717) is 11.8 Å². The Morgan fingerprint density at radius 3 is 2.71 bits per heavy atom. The summed E-state index contributed by atoms with van der Waals surface area (Å²) in [6, 6.07) is 0. The van der Waals surface area contributed by atoms with Gasteiger partial charge in [-0.05, 0) is 31.1 Å². The van der Waals surface area contributed by atoms with E-state index < -0.39 is 12.1 Å². The van der Waals surface area contributed by atoms with Gasteiger partial charge < -0.3 is 15.2 Å². The van der Waals surface area contributed by atoms with Crippen LogP contribution in [0.15, 0.2) is 0 Å². The highest BCUT2D eigenvalue weighted by Gasteiger charge is 2.43. The Hall–Kier alpha value is -1.10. The Morgan fingerprint density at radius 1 is 1.41 bits per heavy atom. The molecule has 2 aliphatic rings. The number of aliphatic hydroxyl groups is 1. The Morgan fingerprint density at radius 2 is 2.18 bits per heavy atom. The molecule has 2 fully saturated rings. The first-order valence-electron chi connectivity index (χ1n) is 6.15. The van der Waals surface area contributed by atoms with Crippen LogP contribution >= 0.6 is 0 Å². The highest BCUT2D eigenvalue weighted by atomic mass is 16.5. The van der Waals surface area contributed by atoms with Crippen LogP contribution < -0.4 is 5.32 Å². The van der Waals surface area contributed by atoms with E-state index in [0.717, 1.165) is 19.3 Å². The van der Waals surface area contributed by atoms with Crippen LogP contribution in [0.2, 0.25) is 0 Å². The summed E-state index contributed by atoms with van der Waals surface area (Å²) >= 11 is 0. The molecule has 5 heteroatoms. The zero-order valence-electron chi connectivity index (χ0n) is 10.0. The molecule has 5 nitrogen and oxygen atoms in total. The maximum absolute atomic E-state index is 11.9. The summed E-state index contributed by atoms with van der Waals surface area (Å²) in [5.74, 6) is 0.563. The van der Waals surface area contributed by atoms with Gasteiger partial charge >= 0.3 is 5.97 Å². The van der Waals surface area contributed by atoms with Crippen molar-refractivity contribution in [2.45, 2.75) is 31.8 Å². The molecule has 2 rings (SSSR count). The van der Waals surface area contributed by atoms with Crippen LogP contribution in [-0.2, 0) is 14.3 Å². The van der Waals surface area contributed by atoms with E-state index >= 15 is 0 Å². The van der Waals surface area contributed by atoms with Gasteiger partial charge in [-0.15, -0.1) is 0 Å². The molecule has 96 valence electrons. The SMILES string of the molecule is COC(=O)C(O)CNC(=O)C1CC2CCC1C2. The van der Waals surface area contributed by atoms with E-state index in [4.69, 9.17) is 0 Å². The van der Waals surface area contributed by atoms with Gasteiger partial charge in [-0.2, -0.15) is 0 Å². The molecule has 17 heavy (non-hydrogen) atoms. The number of fused-ring (bicyclic) bond motifs is 2. The number of nitrogens with one attached hydrogen (secondary N) is 1. The molecule has 0 aromatic carbocycles. The topological polar surface area (TPSA) is 75.6 Å². The quantitative estimate of drug-likeness (QED) is 0.683. The fourth-order valence-corrected chi connectivity index (χ4v) is 3.11. The number of hydrogen-bond acceptors (Lipinski definition) is 4. The summed E-state index contributed by atoms with van der Waals surface area (Å²) in [5.41, 5.74) is 0. The van der Waals surface area contributed by atoms with Gasteiger partial charge in [-0.25, -0.2) is 4.79 Å². The monoisotopic (exact) mass is 241 g/mol. The van der Waals surface area contributed by atoms with E-state index in [1.165, 1.54) is 13.5 Å². The van der Waals surface area contributed by atoms with Crippen molar-refractivity contribution in [3.05, 3.63) is 0 Å². The van der Waals surface area contributed by atoms with Crippen LogP contribution in [0.3, 0.4) is 0 Å². The van der Waals surface area contributed by atoms with Crippen LogP contribution in [0.25, 0.3) is 0 Å². The smallest absolute Gasteiger partial charge is 0.336 e. The largest absolute Gasteiger partial charge is 0.467 e. The van der Waals surface area contributed by atoms with Gasteiger partial charge in [0.15, 0.2) is 6.10 Å². The molecule has 2 bridgehead atoms. The summed E-state index contributed by atoms with van der Waals surface area (Å²) in [6.45, 7) is -0.0562. The molecular weight excluding hydrogens is 222 g/mol. The van der Waals surface area contributed by atoms with Crippen molar-refractivity contribution in [2.75, 3.05) is 13.7 Å². The van der Waals surface area contributed by atoms with Crippen LogP contribution in [0.4, 0.5) is 0 Å². The first-order valence-corrected chi connectivity index (χ1v) is 6.15. The molecule has 0 aliphatic heterocycles. The van der Waals surface area contributed by atoms with E-state index in [9.17, 15) is 14.7 Å². The van der Waals surface area contributed by atoms with Gasteiger partial charge in [0.05, 0.1) is 13.7 Å². The van der Waals surface area contributed by atoms with Crippen molar-refractivity contribution in [3.63, 3.8) is 0 Å². The second kappa shape index (κ2) is 5.04. The zero-order chi connectivity index (χ0) is 12.4. The number of carbonyl (C=O) groups is 2. The molecule has 0 aromatic heterocycles. The number of esters is 1. The number of carbonyl (C=O) groups excluding carboxylic acids is 2. The molecule has 4 unspecified atom stereocenters. The molecule has 2 aliphatic carbocycles. The van der Waals surface area contributed by atoms with Crippen molar-refractivity contribution in [3.8, 4) is 0 Å². The lowest BCUT2D eigenvalue weighted by atomic mass is 9.88. The summed E-state index contributed by atoms with van der Waals surface area (Å²) in [4.78, 5) is 22.8. The third kappa shape index (κ3) is 2.60. The van der Waals surface area contributed by atoms with Crippen molar-refractivity contribution in [1.29, 1.82) is 0 Å². The van der Waals surface area contributed by atoms with Crippen LogP contribution in [0.1, 0.15) is 25.7 Å². The molecule has 2 N–H and O–H groups in total. The van der Waals surface area contributed by atoms with Gasteiger partial charge in [0, 0.05) is 5.92 Å². The summed E-state index contributed by atoms with van der Waals surface area (Å²) in [5, 5.41) is 12.0. The van der Waals surface area contributed by atoms with Crippen molar-refractivity contribution in [1.82, 2.24) is 5.32 Å². The minimum absolute atomic E-state index is 0.0276. The molecule has 0 heterocycles. The van der Waals surface area contributed by atoms with Crippen molar-refractivity contribution >= 4 is 11.9 Å². The lowest BCUT2D eigenvalue weighted by molar-refractivity contribution is -0.150. The molecule has 0 spiro atoms. The second-order valence-electron chi connectivity index (χ2n) is 5.07. The lowest BCUT2D eigenvalue weighted by Gasteiger charge is -2.21. The highest BCUT2D eigenvalue weighted by molar-refractivity contribution is 5.81. The van der Waals surface area contributed by atoms with E-state index in [2.05, 4.69) is 10.1 Å². The zero-order valence-corrected chi connectivity index (χ0v) is 10.0. The summed E-state index contributed by atoms with van der Waals surface area (Å²) < 4.78 is 4.38. The molecule has 0 saturated heterocycles. The maximum atomic E-state index is 11.9. The van der Waals surface area contributed by atoms with Gasteiger partial charge in [-0.1, -0.05) is 6.42 Å². The van der Waals surface area contributed by atoms with E-state index in [1.807, 2.05) is 0 Å². The number of ether oxygens (including phenoxy) is 1. The first-order chi connectivity index (χ1) is 8.11. The van der Waals surface area contributed by atoms with Gasteiger partial charge in [0.1, 0.15) is 0 Å². The molecule has 0 aromatic rings. The standard InChI is InChI=1S/C12H19NO4/c1-17-12(16)10(14)6-13-11(15)9-5-7-2-3-8(9)4-7/h7-10,14H,2-6H2,1H3,(H,13,15). The predicted octanol–water partition coefficient (Wildman–Crippen LogP) is 0.0727. The maximum Gasteiger partial charge on any atom is 0.336 e. The average molecular weight is 241 g/mol. The predicted molar refractivity (Wildman–Crippen MR) is 60.0 cm³/mol. The molecule has 2 saturated carbocycles. The Balaban J connectivity index is 1.76. The normalized spacial score (nSPS) is 32.2. The van der Waals surface area contributed by atoms with Crippen LogP contribution in [0.5, 0.6) is 0 Å². The average Bonchev–Trinajstić information content (AvgIpc) is 2.96. The highest BCUT2D eigenvalue weighted by Crippen LogP contribution is 2.48. The minimum Gasteiger partial charge on any atom is -0.467 e. The van der Waals surface area contributed by atoms with Gasteiger partial charge in [0.25, 0.3) is 0 Å².